The van der Waals surface area contributed by atoms with Crippen LogP contribution in [0.25, 0.3) is 17.0 Å². The van der Waals surface area contributed by atoms with Crippen molar-refractivity contribution in [1.82, 2.24) is 24.6 Å². The van der Waals surface area contributed by atoms with E-state index in [0.717, 1.165) is 15.9 Å². The van der Waals surface area contributed by atoms with E-state index in [2.05, 4.69) is 15.1 Å². The second-order valence-electron chi connectivity index (χ2n) is 6.89. The number of carbonyl (C=O) groups is 1. The summed E-state index contributed by atoms with van der Waals surface area (Å²) in [5.41, 5.74) is 1.68. The van der Waals surface area contributed by atoms with E-state index in [-0.39, 0.29) is 10.9 Å². The van der Waals surface area contributed by atoms with E-state index in [1.807, 2.05) is 51.6 Å². The van der Waals surface area contributed by atoms with Crippen LogP contribution in [0.15, 0.2) is 52.8 Å². The van der Waals surface area contributed by atoms with Crippen LogP contribution < -0.4 is 10.5 Å². The lowest BCUT2D eigenvalue weighted by atomic mass is 10.2. The zero-order chi connectivity index (χ0) is 20.7. The number of nitrogens with zero attached hydrogens (tertiary/aromatic N) is 5. The molecule has 8 nitrogen and oxygen atoms in total. The number of hydrogen-bond acceptors (Lipinski definition) is 6. The quantitative estimate of drug-likeness (QED) is 0.529. The Morgan fingerprint density at radius 1 is 1.10 bits per heavy atom. The summed E-state index contributed by atoms with van der Waals surface area (Å²) >= 11 is 7.86. The highest BCUT2D eigenvalue weighted by molar-refractivity contribution is 7.12. The predicted molar refractivity (Wildman–Crippen MR) is 117 cm³/mol. The summed E-state index contributed by atoms with van der Waals surface area (Å²) < 4.78 is 1.17. The number of amides is 1. The number of imidazole rings is 1. The first-order valence-electron chi connectivity index (χ1n) is 9.42. The van der Waals surface area contributed by atoms with E-state index in [4.69, 9.17) is 11.6 Å². The summed E-state index contributed by atoms with van der Waals surface area (Å²) in [5, 5.41) is 6.26. The molecule has 5 rings (SSSR count). The van der Waals surface area contributed by atoms with Crippen LogP contribution in [-0.2, 0) is 0 Å². The number of nitrogens with one attached hydrogen (secondary N) is 1. The molecule has 4 heterocycles. The lowest BCUT2D eigenvalue weighted by molar-refractivity contribution is 0.0751. The average molecular weight is 441 g/mol. The Morgan fingerprint density at radius 3 is 2.63 bits per heavy atom. The Morgan fingerprint density at radius 2 is 1.90 bits per heavy atom. The van der Waals surface area contributed by atoms with Crippen LogP contribution in [0.1, 0.15) is 9.67 Å². The molecule has 1 aliphatic heterocycles. The molecule has 0 aliphatic carbocycles. The van der Waals surface area contributed by atoms with Crippen molar-refractivity contribution in [1.29, 1.82) is 0 Å². The Kier molecular flexibility index (Phi) is 4.76. The predicted octanol–water partition coefficient (Wildman–Crippen LogP) is 2.79. The van der Waals surface area contributed by atoms with E-state index in [1.54, 1.807) is 6.20 Å². The van der Waals surface area contributed by atoms with Gasteiger partial charge in [0.25, 0.3) is 11.5 Å². The third-order valence-electron chi connectivity index (χ3n) is 5.12. The fourth-order valence-electron chi connectivity index (χ4n) is 3.54. The van der Waals surface area contributed by atoms with Crippen molar-refractivity contribution in [3.8, 4) is 5.95 Å². The summed E-state index contributed by atoms with van der Waals surface area (Å²) in [5.74, 6) is 0.357. The van der Waals surface area contributed by atoms with Crippen LogP contribution >= 0.6 is 22.9 Å². The van der Waals surface area contributed by atoms with Crippen LogP contribution in [0.3, 0.4) is 0 Å². The highest BCUT2D eigenvalue weighted by Crippen LogP contribution is 2.24. The van der Waals surface area contributed by atoms with Crippen molar-refractivity contribution in [2.24, 2.45) is 0 Å². The molecule has 30 heavy (non-hydrogen) atoms. The van der Waals surface area contributed by atoms with Gasteiger partial charge < -0.3 is 14.8 Å². The van der Waals surface area contributed by atoms with Gasteiger partial charge in [0.1, 0.15) is 5.02 Å². The molecule has 1 amide bonds. The molecule has 0 radical (unpaired) electrons. The minimum Gasteiger partial charge on any atom is -0.365 e. The number of aromatic amines is 1. The van der Waals surface area contributed by atoms with Gasteiger partial charge in [-0.15, -0.1) is 11.3 Å². The maximum atomic E-state index is 12.9. The largest absolute Gasteiger partial charge is 0.365 e. The minimum absolute atomic E-state index is 0.0363. The monoisotopic (exact) mass is 440 g/mol. The molecule has 10 heteroatoms. The van der Waals surface area contributed by atoms with Gasteiger partial charge in [0.05, 0.1) is 27.8 Å². The summed E-state index contributed by atoms with van der Waals surface area (Å²) in [4.78, 5) is 37.4. The highest BCUT2D eigenvalue weighted by atomic mass is 35.5. The van der Waals surface area contributed by atoms with Crippen LogP contribution in [0.4, 0.5) is 5.69 Å². The number of piperazine rings is 1. The smallest absolute Gasteiger partial charge is 0.295 e. The lowest BCUT2D eigenvalue weighted by Gasteiger charge is -2.36. The highest BCUT2D eigenvalue weighted by Gasteiger charge is 2.25. The molecule has 0 spiro atoms. The second-order valence-corrected chi connectivity index (χ2v) is 8.22. The Bertz CT molecular complexity index is 1240. The van der Waals surface area contributed by atoms with Crippen molar-refractivity contribution >= 4 is 45.6 Å². The van der Waals surface area contributed by atoms with Gasteiger partial charge in [-0.25, -0.2) is 4.98 Å². The van der Waals surface area contributed by atoms with Crippen molar-refractivity contribution in [2.75, 3.05) is 31.1 Å². The third kappa shape index (κ3) is 3.25. The van der Waals surface area contributed by atoms with Gasteiger partial charge in [-0.2, -0.15) is 9.78 Å². The molecule has 0 bridgehead atoms. The molecule has 0 atom stereocenters. The van der Waals surface area contributed by atoms with Crippen molar-refractivity contribution in [3.63, 3.8) is 0 Å². The van der Waals surface area contributed by atoms with E-state index < -0.39 is 5.56 Å². The van der Waals surface area contributed by atoms with Crippen molar-refractivity contribution in [2.45, 2.75) is 0 Å². The van der Waals surface area contributed by atoms with E-state index in [0.29, 0.717) is 37.8 Å². The van der Waals surface area contributed by atoms with Gasteiger partial charge in [0.2, 0.25) is 5.95 Å². The first kappa shape index (κ1) is 18.8. The van der Waals surface area contributed by atoms with Crippen LogP contribution in [0, 0.1) is 0 Å². The van der Waals surface area contributed by atoms with E-state index in [1.165, 1.54) is 16.0 Å². The standard InChI is InChI=1S/C20H17ClN6O2S/c21-17-15(25-7-9-26(10-8-25)18(28)16-6-3-11-30-16)12-22-27(19(17)29)20-23-13-4-1-2-5-14(13)24-20/h1-6,11-12H,7-10H2,(H,23,24). The van der Waals surface area contributed by atoms with Gasteiger partial charge >= 0.3 is 0 Å². The maximum absolute atomic E-state index is 12.9. The fourth-order valence-corrected chi connectivity index (χ4v) is 4.48. The normalized spacial score (nSPS) is 14.4. The Balaban J connectivity index is 1.37. The molecular formula is C20H17ClN6O2S. The molecule has 1 aliphatic rings. The van der Waals surface area contributed by atoms with Crippen LogP contribution in [0.2, 0.25) is 5.02 Å². The number of thiophene rings is 1. The summed E-state index contributed by atoms with van der Waals surface area (Å²) in [6.45, 7) is 2.26. The van der Waals surface area contributed by atoms with E-state index >= 15 is 0 Å². The molecule has 1 fully saturated rings. The van der Waals surface area contributed by atoms with Gasteiger partial charge in [0, 0.05) is 26.2 Å². The van der Waals surface area contributed by atoms with E-state index in [9.17, 15) is 9.59 Å². The van der Waals surface area contributed by atoms with Gasteiger partial charge in [-0.1, -0.05) is 29.8 Å². The molecule has 3 aromatic heterocycles. The Labute approximate surface area is 180 Å². The molecular weight excluding hydrogens is 424 g/mol. The molecule has 1 saturated heterocycles. The summed E-state index contributed by atoms with van der Waals surface area (Å²) in [6, 6.07) is 11.2. The zero-order valence-corrected chi connectivity index (χ0v) is 17.4. The lowest BCUT2D eigenvalue weighted by Crippen LogP contribution is -2.49. The molecule has 0 saturated carbocycles. The molecule has 152 valence electrons. The maximum Gasteiger partial charge on any atom is 0.295 e. The first-order valence-corrected chi connectivity index (χ1v) is 10.7. The van der Waals surface area contributed by atoms with Crippen molar-refractivity contribution in [3.05, 3.63) is 68.2 Å². The minimum atomic E-state index is -0.440. The third-order valence-corrected chi connectivity index (χ3v) is 6.33. The fraction of sp³-hybridized carbons (Fsp3) is 0.200. The molecule has 1 aromatic carbocycles. The number of halogens is 1. The number of benzene rings is 1. The number of rotatable bonds is 3. The number of carbonyl (C=O) groups excluding carboxylic acids is 1. The van der Waals surface area contributed by atoms with Gasteiger partial charge in [-0.3, -0.25) is 9.59 Å². The number of aromatic nitrogens is 4. The molecule has 1 N–H and O–H groups in total. The van der Waals surface area contributed by atoms with Crippen molar-refractivity contribution < 1.29 is 4.79 Å². The number of fused-ring (bicyclic) bond motifs is 1. The summed E-state index contributed by atoms with van der Waals surface area (Å²) in [7, 11) is 0. The zero-order valence-electron chi connectivity index (χ0n) is 15.8. The number of H-pyrrole nitrogens is 1. The molecule has 4 aromatic rings. The summed E-state index contributed by atoms with van der Waals surface area (Å²) in [6.07, 6.45) is 1.58. The first-order chi connectivity index (χ1) is 14.6. The number of anilines is 1. The average Bonchev–Trinajstić information content (AvgIpc) is 3.45. The number of para-hydroxylation sites is 2. The Hall–Kier alpha value is -3.17. The van der Waals surface area contributed by atoms with Gasteiger partial charge in [-0.05, 0) is 23.6 Å². The van der Waals surface area contributed by atoms with Crippen LogP contribution in [0.5, 0.6) is 0 Å². The van der Waals surface area contributed by atoms with Crippen LogP contribution in [-0.4, -0.2) is 56.7 Å². The molecule has 0 unspecified atom stereocenters. The van der Waals surface area contributed by atoms with Gasteiger partial charge in [0.15, 0.2) is 0 Å². The topological polar surface area (TPSA) is 87.1 Å². The SMILES string of the molecule is O=C(c1cccs1)N1CCN(c2cnn(-c3nc4ccccc4[nH]3)c(=O)c2Cl)CC1. The number of hydrogen-bond donors (Lipinski definition) is 1. The second kappa shape index (κ2) is 7.58.